The number of carbonyl (C=O) groups is 5. The molecular weight excluding hydrogens is 672 g/mol. The number of amides is 4. The second-order valence-electron chi connectivity index (χ2n) is 16.4. The molecule has 51 heavy (non-hydrogen) atoms. The van der Waals surface area contributed by atoms with Gasteiger partial charge < -0.3 is 30.3 Å². The molecule has 12 heteroatoms. The van der Waals surface area contributed by atoms with Gasteiger partial charge in [0.15, 0.2) is 0 Å². The highest BCUT2D eigenvalue weighted by molar-refractivity contribution is 6.30. The van der Waals surface area contributed by atoms with Crippen molar-refractivity contribution in [3.05, 3.63) is 34.9 Å². The van der Waals surface area contributed by atoms with Gasteiger partial charge in [0, 0.05) is 40.9 Å². The van der Waals surface area contributed by atoms with Crippen molar-refractivity contribution in [2.75, 3.05) is 20.2 Å². The Hall–Kier alpha value is -3.34. The van der Waals surface area contributed by atoms with Crippen molar-refractivity contribution >= 4 is 41.4 Å². The Balaban J connectivity index is 1.22. The zero-order valence-electron chi connectivity index (χ0n) is 30.8. The summed E-state index contributed by atoms with van der Waals surface area (Å²) in [7, 11) is 1.26. The summed E-state index contributed by atoms with van der Waals surface area (Å²) in [6.45, 7) is 6.81. The number of esters is 1. The van der Waals surface area contributed by atoms with E-state index in [1.807, 2.05) is 49.9 Å². The van der Waals surface area contributed by atoms with Gasteiger partial charge in [0.25, 0.3) is 0 Å². The summed E-state index contributed by atoms with van der Waals surface area (Å²) in [4.78, 5) is 68.4. The van der Waals surface area contributed by atoms with Gasteiger partial charge in [-0.15, -0.1) is 0 Å². The van der Waals surface area contributed by atoms with Crippen LogP contribution in [0.3, 0.4) is 0 Å². The molecule has 5 rings (SSSR count). The summed E-state index contributed by atoms with van der Waals surface area (Å²) in [6.07, 6.45) is 9.94. The molecule has 2 aliphatic carbocycles. The average molecular weight is 729 g/mol. The fourth-order valence-electron chi connectivity index (χ4n) is 8.68. The minimum absolute atomic E-state index is 0.0739. The van der Waals surface area contributed by atoms with Crippen LogP contribution in [0.25, 0.3) is 0 Å². The number of benzene rings is 1. The number of alkyl carbamates (subject to hydrolysis) is 1. The SMILES string of the molecule is COC(=O)C(CC1CC2(CCN(C(=O)C(C)(C)C)CC2)NC1=O)NC(=O)[C@H](CC1CCCCC1)NC(=O)OC1CCCC1Cc1cccc(Cl)c1. The van der Waals surface area contributed by atoms with Gasteiger partial charge in [-0.25, -0.2) is 9.59 Å². The van der Waals surface area contributed by atoms with E-state index in [0.717, 1.165) is 63.4 Å². The second-order valence-corrected chi connectivity index (χ2v) is 16.9. The van der Waals surface area contributed by atoms with Crippen LogP contribution < -0.4 is 16.0 Å². The third-order valence-electron chi connectivity index (χ3n) is 11.5. The summed E-state index contributed by atoms with van der Waals surface area (Å²) >= 11 is 6.20. The standard InChI is InChI=1S/C39H57ClN4O7/c1-38(2,3)36(48)44-18-16-39(17-19-44)24-28(33(45)43-39)23-31(35(47)50-4)41-34(46)30(22-25-10-6-5-7-11-25)42-37(49)51-32-15-9-13-27(32)20-26-12-8-14-29(40)21-26/h8,12,14,21,25,27-28,30-32H,5-7,9-11,13,15-20,22-24H2,1-4H3,(H,41,46)(H,42,49)(H,43,45)/t27?,28?,30-,31?,32?/m0/s1. The lowest BCUT2D eigenvalue weighted by atomic mass is 9.81. The number of carbonyl (C=O) groups excluding carboxylic acids is 5. The topological polar surface area (TPSA) is 143 Å². The number of methoxy groups -OCH3 is 1. The van der Waals surface area contributed by atoms with Gasteiger partial charge in [-0.05, 0) is 81.4 Å². The van der Waals surface area contributed by atoms with Crippen molar-refractivity contribution in [1.82, 2.24) is 20.9 Å². The minimum Gasteiger partial charge on any atom is -0.467 e. The lowest BCUT2D eigenvalue weighted by molar-refractivity contribution is -0.146. The van der Waals surface area contributed by atoms with Crippen molar-refractivity contribution in [1.29, 1.82) is 0 Å². The Morgan fingerprint density at radius 1 is 0.980 bits per heavy atom. The zero-order valence-corrected chi connectivity index (χ0v) is 31.5. The summed E-state index contributed by atoms with van der Waals surface area (Å²) in [6, 6.07) is 5.74. The maximum Gasteiger partial charge on any atom is 0.408 e. The first-order chi connectivity index (χ1) is 24.2. The van der Waals surface area contributed by atoms with Crippen LogP contribution in [0.1, 0.15) is 110 Å². The van der Waals surface area contributed by atoms with E-state index in [-0.39, 0.29) is 36.2 Å². The van der Waals surface area contributed by atoms with Crippen LogP contribution in [0.4, 0.5) is 4.79 Å². The minimum atomic E-state index is -1.07. The van der Waals surface area contributed by atoms with Gasteiger partial charge in [-0.1, -0.05) is 76.6 Å². The lowest BCUT2D eigenvalue weighted by Crippen LogP contribution is -2.53. The van der Waals surface area contributed by atoms with Gasteiger partial charge >= 0.3 is 12.1 Å². The van der Waals surface area contributed by atoms with Gasteiger partial charge in [0.2, 0.25) is 17.7 Å². The molecule has 4 amide bonds. The average Bonchev–Trinajstić information content (AvgIpc) is 3.65. The maximum atomic E-state index is 13.9. The Bertz CT molecular complexity index is 1420. The first kappa shape index (κ1) is 38.9. The van der Waals surface area contributed by atoms with Crippen LogP contribution >= 0.6 is 11.6 Å². The van der Waals surface area contributed by atoms with Crippen LogP contribution in [-0.4, -0.2) is 78.6 Å². The Kier molecular flexibility index (Phi) is 13.0. The van der Waals surface area contributed by atoms with Crippen LogP contribution in [-0.2, 0) is 35.1 Å². The molecule has 5 atom stereocenters. The molecule has 2 saturated heterocycles. The number of likely N-dealkylation sites (tertiary alicyclic amines) is 1. The predicted octanol–water partition coefficient (Wildman–Crippen LogP) is 5.71. The van der Waals surface area contributed by atoms with E-state index in [9.17, 15) is 24.0 Å². The van der Waals surface area contributed by atoms with E-state index in [1.165, 1.54) is 7.11 Å². The molecule has 2 saturated carbocycles. The van der Waals surface area contributed by atoms with E-state index in [0.29, 0.717) is 43.8 Å². The Morgan fingerprint density at radius 2 is 1.71 bits per heavy atom. The van der Waals surface area contributed by atoms with Crippen LogP contribution in [0.2, 0.25) is 5.02 Å². The third-order valence-corrected chi connectivity index (χ3v) is 11.7. The Morgan fingerprint density at radius 3 is 2.37 bits per heavy atom. The molecule has 2 heterocycles. The van der Waals surface area contributed by atoms with Gasteiger partial charge in [-0.3, -0.25) is 14.4 Å². The number of ether oxygens (including phenoxy) is 2. The number of nitrogens with zero attached hydrogens (tertiary/aromatic N) is 1. The highest BCUT2D eigenvalue weighted by atomic mass is 35.5. The second kappa shape index (κ2) is 17.0. The number of rotatable bonds is 11. The molecule has 0 radical (unpaired) electrons. The van der Waals surface area contributed by atoms with Gasteiger partial charge in [-0.2, -0.15) is 0 Å². The zero-order chi connectivity index (χ0) is 36.8. The quantitative estimate of drug-likeness (QED) is 0.248. The summed E-state index contributed by atoms with van der Waals surface area (Å²) < 4.78 is 11.0. The summed E-state index contributed by atoms with van der Waals surface area (Å²) in [5.41, 5.74) is 0.158. The van der Waals surface area contributed by atoms with Crippen LogP contribution in [0.15, 0.2) is 24.3 Å². The molecule has 3 N–H and O–H groups in total. The molecule has 1 aromatic carbocycles. The first-order valence-electron chi connectivity index (χ1n) is 19.0. The van der Waals surface area contributed by atoms with Crippen LogP contribution in [0, 0.1) is 23.2 Å². The molecule has 1 spiro atoms. The smallest absolute Gasteiger partial charge is 0.408 e. The molecule has 4 unspecified atom stereocenters. The fraction of sp³-hybridized carbons (Fsp3) is 0.718. The largest absolute Gasteiger partial charge is 0.467 e. The number of hydrogen-bond acceptors (Lipinski definition) is 7. The molecule has 11 nitrogen and oxygen atoms in total. The van der Waals surface area contributed by atoms with Crippen molar-refractivity contribution < 1.29 is 33.4 Å². The molecule has 1 aromatic rings. The highest BCUT2D eigenvalue weighted by Gasteiger charge is 2.48. The number of hydrogen-bond donors (Lipinski definition) is 3. The van der Waals surface area contributed by atoms with Crippen molar-refractivity contribution in [2.45, 2.75) is 134 Å². The molecule has 4 fully saturated rings. The van der Waals surface area contributed by atoms with E-state index in [2.05, 4.69) is 16.0 Å². The van der Waals surface area contributed by atoms with Crippen molar-refractivity contribution in [3.63, 3.8) is 0 Å². The maximum absolute atomic E-state index is 13.9. The van der Waals surface area contributed by atoms with E-state index >= 15 is 0 Å². The molecule has 2 aliphatic heterocycles. The van der Waals surface area contributed by atoms with E-state index in [1.54, 1.807) is 0 Å². The monoisotopic (exact) mass is 728 g/mol. The first-order valence-corrected chi connectivity index (χ1v) is 19.3. The molecule has 4 aliphatic rings. The molecular formula is C39H57ClN4O7. The highest BCUT2D eigenvalue weighted by Crippen LogP contribution is 2.38. The van der Waals surface area contributed by atoms with Gasteiger partial charge in [0.1, 0.15) is 18.2 Å². The normalized spacial score (nSPS) is 24.8. The van der Waals surface area contributed by atoms with Crippen molar-refractivity contribution in [2.24, 2.45) is 23.2 Å². The third kappa shape index (κ3) is 10.4. The van der Waals surface area contributed by atoms with Gasteiger partial charge in [0.05, 0.1) is 7.11 Å². The number of piperidine rings is 1. The summed E-state index contributed by atoms with van der Waals surface area (Å²) in [5, 5.41) is 9.55. The molecule has 0 aromatic heterocycles. The number of halogens is 1. The predicted molar refractivity (Wildman–Crippen MR) is 194 cm³/mol. The van der Waals surface area contributed by atoms with E-state index in [4.69, 9.17) is 21.1 Å². The van der Waals surface area contributed by atoms with E-state index < -0.39 is 46.9 Å². The number of nitrogens with one attached hydrogen (secondary N) is 3. The summed E-state index contributed by atoms with van der Waals surface area (Å²) in [5.74, 6) is -1.33. The molecule has 282 valence electrons. The fourth-order valence-corrected chi connectivity index (χ4v) is 8.90. The Labute approximate surface area is 307 Å². The molecule has 0 bridgehead atoms. The van der Waals surface area contributed by atoms with Crippen LogP contribution in [0.5, 0.6) is 0 Å². The lowest BCUT2D eigenvalue weighted by Gasteiger charge is -2.41. The van der Waals surface area contributed by atoms with Crippen molar-refractivity contribution in [3.8, 4) is 0 Å².